The molecule has 0 radical (unpaired) electrons. The molecule has 0 aliphatic carbocycles. The van der Waals surface area contributed by atoms with E-state index in [4.69, 9.17) is 23.2 Å². The van der Waals surface area contributed by atoms with Crippen LogP contribution in [0.25, 0.3) is 11.8 Å². The molecule has 0 spiro atoms. The minimum absolute atomic E-state index is 0.121. The molecule has 35 heavy (non-hydrogen) atoms. The van der Waals surface area contributed by atoms with Gasteiger partial charge < -0.3 is 0 Å². The molecule has 0 unspecified atom stereocenters. The summed E-state index contributed by atoms with van der Waals surface area (Å²) in [5.41, 5.74) is 2.20. The smallest absolute Gasteiger partial charge is 0.234 e. The van der Waals surface area contributed by atoms with Crippen LogP contribution in [0.2, 0.25) is 10.0 Å². The maximum atomic E-state index is 13.2. The van der Waals surface area contributed by atoms with Crippen LogP contribution < -0.4 is 4.72 Å². The Labute approximate surface area is 216 Å². The number of nitrogens with one attached hydrogen (secondary N) is 1. The van der Waals surface area contributed by atoms with Crippen molar-refractivity contribution in [3.63, 3.8) is 0 Å². The van der Waals surface area contributed by atoms with Crippen LogP contribution in [0.4, 0.5) is 4.39 Å². The molecular formula is C24H19Cl2FN4O2S2. The molecule has 1 N–H and O–H groups in total. The molecule has 0 amide bonds. The van der Waals surface area contributed by atoms with Gasteiger partial charge in [-0.3, -0.25) is 4.57 Å². The monoisotopic (exact) mass is 548 g/mol. The summed E-state index contributed by atoms with van der Waals surface area (Å²) in [6.45, 7) is -0.121. The summed E-state index contributed by atoms with van der Waals surface area (Å²) in [5, 5.41) is 10.8. The lowest BCUT2D eigenvalue weighted by Gasteiger charge is -2.12. The predicted molar refractivity (Wildman–Crippen MR) is 139 cm³/mol. The normalized spacial score (nSPS) is 11.9. The molecule has 0 aliphatic heterocycles. The third kappa shape index (κ3) is 6.93. The highest BCUT2D eigenvalue weighted by atomic mass is 35.5. The van der Waals surface area contributed by atoms with E-state index in [0.717, 1.165) is 16.5 Å². The quantitative estimate of drug-likeness (QED) is 0.256. The molecule has 0 bridgehead atoms. The topological polar surface area (TPSA) is 76.9 Å². The van der Waals surface area contributed by atoms with Gasteiger partial charge in [0.25, 0.3) is 0 Å². The first-order valence-corrected chi connectivity index (χ1v) is 13.6. The summed E-state index contributed by atoms with van der Waals surface area (Å²) >= 11 is 13.9. The number of nitrogens with zero attached hydrogens (tertiary/aromatic N) is 3. The van der Waals surface area contributed by atoms with Gasteiger partial charge in [-0.05, 0) is 47.5 Å². The zero-order valence-electron chi connectivity index (χ0n) is 18.1. The molecule has 0 aliphatic rings. The Morgan fingerprint density at radius 3 is 2.46 bits per heavy atom. The van der Waals surface area contributed by atoms with Crippen molar-refractivity contribution in [2.75, 3.05) is 0 Å². The van der Waals surface area contributed by atoms with E-state index in [1.54, 1.807) is 47.0 Å². The minimum atomic E-state index is -3.75. The van der Waals surface area contributed by atoms with Crippen molar-refractivity contribution in [3.05, 3.63) is 111 Å². The van der Waals surface area contributed by atoms with Crippen molar-refractivity contribution >= 4 is 51.1 Å². The standard InChI is InChI=1S/C24H19Cl2FN4O2S2/c25-19-8-11-22(21(26)14-19)31-23(15-28-35(32,33)13-12-17-4-2-1-3-5-17)29-30-24(31)34-16-18-6-9-20(27)10-7-18/h1-14,28H,15-16H2/b13-12+. The van der Waals surface area contributed by atoms with Crippen LogP contribution in [-0.4, -0.2) is 23.2 Å². The van der Waals surface area contributed by atoms with Gasteiger partial charge in [0.1, 0.15) is 5.82 Å². The number of hydrogen-bond acceptors (Lipinski definition) is 5. The van der Waals surface area contributed by atoms with Crippen LogP contribution in [-0.2, 0) is 22.3 Å². The Hall–Kier alpha value is -2.69. The van der Waals surface area contributed by atoms with Crippen LogP contribution in [0.15, 0.2) is 83.4 Å². The molecule has 0 saturated heterocycles. The molecule has 0 fully saturated rings. The molecule has 0 atom stereocenters. The van der Waals surface area contributed by atoms with Gasteiger partial charge in [0, 0.05) is 16.2 Å². The van der Waals surface area contributed by atoms with Gasteiger partial charge in [-0.1, -0.05) is 77.4 Å². The Morgan fingerprint density at radius 1 is 1.00 bits per heavy atom. The third-order valence-corrected chi connectivity index (χ3v) is 7.38. The van der Waals surface area contributed by atoms with Crippen LogP contribution in [0.3, 0.4) is 0 Å². The number of aromatic nitrogens is 3. The van der Waals surface area contributed by atoms with E-state index in [1.165, 1.54) is 30.0 Å². The lowest BCUT2D eigenvalue weighted by molar-refractivity contribution is 0.587. The van der Waals surface area contributed by atoms with Gasteiger partial charge in [-0.15, -0.1) is 10.2 Å². The van der Waals surface area contributed by atoms with Gasteiger partial charge in [0.2, 0.25) is 10.0 Å². The first-order valence-electron chi connectivity index (χ1n) is 10.3. The number of halogens is 3. The number of thioether (sulfide) groups is 1. The Morgan fingerprint density at radius 2 is 1.74 bits per heavy atom. The Balaban J connectivity index is 1.58. The van der Waals surface area contributed by atoms with Gasteiger partial charge in [-0.2, -0.15) is 0 Å². The summed E-state index contributed by atoms with van der Waals surface area (Å²) in [5.74, 6) is 0.521. The Bertz CT molecular complexity index is 1440. The molecule has 1 heterocycles. The first kappa shape index (κ1) is 25.4. The van der Waals surface area contributed by atoms with E-state index in [9.17, 15) is 12.8 Å². The first-order chi connectivity index (χ1) is 16.8. The van der Waals surface area contributed by atoms with E-state index in [-0.39, 0.29) is 12.4 Å². The second-order valence-corrected chi connectivity index (χ2v) is 10.8. The number of sulfonamides is 1. The van der Waals surface area contributed by atoms with Crippen LogP contribution in [0.5, 0.6) is 0 Å². The molecule has 4 rings (SSSR count). The van der Waals surface area contributed by atoms with Crippen LogP contribution >= 0.6 is 35.0 Å². The van der Waals surface area contributed by atoms with Crippen molar-refractivity contribution in [2.45, 2.75) is 17.5 Å². The molecule has 180 valence electrons. The summed E-state index contributed by atoms with van der Waals surface area (Å²) in [6, 6.07) is 20.2. The number of rotatable bonds is 9. The van der Waals surface area contributed by atoms with Crippen molar-refractivity contribution in [2.24, 2.45) is 0 Å². The van der Waals surface area contributed by atoms with Crippen molar-refractivity contribution in [3.8, 4) is 5.69 Å². The lowest BCUT2D eigenvalue weighted by atomic mass is 10.2. The summed E-state index contributed by atoms with van der Waals surface area (Å²) in [6.07, 6.45) is 1.51. The average Bonchev–Trinajstić information content (AvgIpc) is 3.24. The highest BCUT2D eigenvalue weighted by Gasteiger charge is 2.19. The van der Waals surface area contributed by atoms with Gasteiger partial charge in [0.05, 0.1) is 17.3 Å². The second kappa shape index (κ2) is 11.4. The zero-order chi connectivity index (χ0) is 24.8. The fraction of sp³-hybridized carbons (Fsp3) is 0.0833. The summed E-state index contributed by atoms with van der Waals surface area (Å²) < 4.78 is 42.5. The lowest BCUT2D eigenvalue weighted by Crippen LogP contribution is -2.23. The van der Waals surface area contributed by atoms with Gasteiger partial charge in [0.15, 0.2) is 11.0 Å². The number of benzene rings is 3. The fourth-order valence-corrected chi connectivity index (χ4v) is 5.26. The van der Waals surface area contributed by atoms with Crippen molar-refractivity contribution < 1.29 is 12.8 Å². The Kier molecular flexibility index (Phi) is 8.25. The average molecular weight is 549 g/mol. The van der Waals surface area contributed by atoms with Gasteiger partial charge >= 0.3 is 0 Å². The molecule has 3 aromatic carbocycles. The van der Waals surface area contributed by atoms with Crippen molar-refractivity contribution in [1.29, 1.82) is 0 Å². The molecule has 11 heteroatoms. The van der Waals surface area contributed by atoms with Gasteiger partial charge in [-0.25, -0.2) is 17.5 Å². The van der Waals surface area contributed by atoms with Crippen LogP contribution in [0.1, 0.15) is 17.0 Å². The molecule has 0 saturated carbocycles. The van der Waals surface area contributed by atoms with E-state index in [2.05, 4.69) is 14.9 Å². The van der Waals surface area contributed by atoms with E-state index < -0.39 is 10.0 Å². The number of hydrogen-bond donors (Lipinski definition) is 1. The molecular weight excluding hydrogens is 530 g/mol. The highest BCUT2D eigenvalue weighted by molar-refractivity contribution is 7.98. The largest absolute Gasteiger partial charge is 0.271 e. The second-order valence-electron chi connectivity index (χ2n) is 7.32. The summed E-state index contributed by atoms with van der Waals surface area (Å²) in [4.78, 5) is 0. The van der Waals surface area contributed by atoms with Crippen LogP contribution in [0, 0.1) is 5.82 Å². The zero-order valence-corrected chi connectivity index (χ0v) is 21.3. The highest BCUT2D eigenvalue weighted by Crippen LogP contribution is 2.30. The fourth-order valence-electron chi connectivity index (χ4n) is 3.09. The predicted octanol–water partition coefficient (Wildman–Crippen LogP) is 6.10. The maximum Gasteiger partial charge on any atom is 0.234 e. The SMILES string of the molecule is O=S(=O)(/C=C/c1ccccc1)NCc1nnc(SCc2ccc(F)cc2)n1-c1ccc(Cl)cc1Cl. The van der Waals surface area contributed by atoms with E-state index in [1.807, 2.05) is 18.2 Å². The van der Waals surface area contributed by atoms with Crippen molar-refractivity contribution in [1.82, 2.24) is 19.5 Å². The van der Waals surface area contributed by atoms with E-state index >= 15 is 0 Å². The molecule has 1 aromatic heterocycles. The maximum absolute atomic E-state index is 13.2. The third-order valence-electron chi connectivity index (χ3n) is 4.80. The minimum Gasteiger partial charge on any atom is -0.271 e. The molecule has 4 aromatic rings. The van der Waals surface area contributed by atoms with E-state index in [0.29, 0.717) is 32.5 Å². The summed E-state index contributed by atoms with van der Waals surface area (Å²) in [7, 11) is -3.75. The molecule has 6 nitrogen and oxygen atoms in total.